The van der Waals surface area contributed by atoms with Crippen molar-refractivity contribution in [2.24, 2.45) is 0 Å². The van der Waals surface area contributed by atoms with Crippen molar-refractivity contribution in [2.45, 2.75) is 26.4 Å². The van der Waals surface area contributed by atoms with Gasteiger partial charge < -0.3 is 4.90 Å². The molecule has 0 spiro atoms. The van der Waals surface area contributed by atoms with Crippen LogP contribution in [0.25, 0.3) is 11.3 Å². The molecule has 5 nitrogen and oxygen atoms in total. The molecule has 1 fully saturated rings. The number of amides is 1. The highest BCUT2D eigenvalue weighted by Gasteiger charge is 2.27. The highest BCUT2D eigenvalue weighted by molar-refractivity contribution is 6.30. The lowest BCUT2D eigenvalue weighted by atomic mass is 10.1. The number of nitrogens with zero attached hydrogens (tertiary/aromatic N) is 4. The molecule has 0 bridgehead atoms. The molecule has 3 aromatic rings. The van der Waals surface area contributed by atoms with E-state index < -0.39 is 0 Å². The molecule has 0 saturated carbocycles. The van der Waals surface area contributed by atoms with E-state index in [1.54, 1.807) is 0 Å². The van der Waals surface area contributed by atoms with Crippen molar-refractivity contribution >= 4 is 17.5 Å². The van der Waals surface area contributed by atoms with E-state index >= 15 is 0 Å². The summed E-state index contributed by atoms with van der Waals surface area (Å²) in [4.78, 5) is 17.5. The summed E-state index contributed by atoms with van der Waals surface area (Å²) in [6, 6.07) is 20.4. The third-order valence-electron chi connectivity index (χ3n) is 5.85. The summed E-state index contributed by atoms with van der Waals surface area (Å²) in [6.45, 7) is 8.08. The quantitative estimate of drug-likeness (QED) is 0.596. The van der Waals surface area contributed by atoms with Crippen LogP contribution >= 0.6 is 11.6 Å². The molecule has 156 valence electrons. The van der Waals surface area contributed by atoms with E-state index in [-0.39, 0.29) is 5.91 Å². The highest BCUT2D eigenvalue weighted by Crippen LogP contribution is 2.25. The fourth-order valence-corrected chi connectivity index (χ4v) is 4.25. The van der Waals surface area contributed by atoms with Crippen LogP contribution < -0.4 is 0 Å². The SMILES string of the molecule is CCn1nc(C(=O)N2CCN([C@@H](C)c3ccccc3)CC2)cc1-c1cccc(Cl)c1. The molecule has 4 rings (SSSR count). The molecular formula is C24H27ClN4O. The van der Waals surface area contributed by atoms with Gasteiger partial charge in [-0.2, -0.15) is 5.10 Å². The Morgan fingerprint density at radius 1 is 1.03 bits per heavy atom. The van der Waals surface area contributed by atoms with Gasteiger partial charge in [-0.15, -0.1) is 0 Å². The Morgan fingerprint density at radius 2 is 1.77 bits per heavy atom. The van der Waals surface area contributed by atoms with Crippen molar-refractivity contribution in [1.82, 2.24) is 19.6 Å². The summed E-state index contributed by atoms with van der Waals surface area (Å²) in [7, 11) is 0. The topological polar surface area (TPSA) is 41.4 Å². The number of piperazine rings is 1. The fraction of sp³-hybridized carbons (Fsp3) is 0.333. The van der Waals surface area contributed by atoms with Gasteiger partial charge in [-0.1, -0.05) is 54.1 Å². The second-order valence-corrected chi connectivity index (χ2v) is 8.09. The molecule has 1 aliphatic heterocycles. The molecule has 0 aliphatic carbocycles. The maximum atomic E-state index is 13.1. The molecule has 6 heteroatoms. The van der Waals surface area contributed by atoms with E-state index in [2.05, 4.69) is 41.2 Å². The zero-order valence-corrected chi connectivity index (χ0v) is 18.2. The Hall–Kier alpha value is -2.63. The van der Waals surface area contributed by atoms with Gasteiger partial charge in [0.15, 0.2) is 5.69 Å². The Balaban J connectivity index is 1.46. The van der Waals surface area contributed by atoms with E-state index in [1.165, 1.54) is 5.56 Å². The van der Waals surface area contributed by atoms with Crippen LogP contribution in [0.5, 0.6) is 0 Å². The van der Waals surface area contributed by atoms with E-state index in [0.29, 0.717) is 36.4 Å². The molecule has 0 N–H and O–H groups in total. The third kappa shape index (κ3) is 4.27. The Morgan fingerprint density at radius 3 is 2.43 bits per heavy atom. The first-order valence-corrected chi connectivity index (χ1v) is 10.9. The van der Waals surface area contributed by atoms with Gasteiger partial charge in [0.05, 0.1) is 5.69 Å². The molecule has 30 heavy (non-hydrogen) atoms. The third-order valence-corrected chi connectivity index (χ3v) is 6.09. The average molecular weight is 423 g/mol. The van der Waals surface area contributed by atoms with Crippen molar-refractivity contribution in [3.63, 3.8) is 0 Å². The second kappa shape index (κ2) is 9.02. The van der Waals surface area contributed by atoms with Crippen molar-refractivity contribution < 1.29 is 4.79 Å². The van der Waals surface area contributed by atoms with Gasteiger partial charge >= 0.3 is 0 Å². The fourth-order valence-electron chi connectivity index (χ4n) is 4.06. The first kappa shape index (κ1) is 20.6. The maximum absolute atomic E-state index is 13.1. The lowest BCUT2D eigenvalue weighted by molar-refractivity contribution is 0.0576. The van der Waals surface area contributed by atoms with Crippen molar-refractivity contribution in [3.8, 4) is 11.3 Å². The molecule has 0 radical (unpaired) electrons. The number of aromatic nitrogens is 2. The van der Waals surface area contributed by atoms with Gasteiger partial charge in [-0.25, -0.2) is 0 Å². The van der Waals surface area contributed by atoms with Crippen LogP contribution in [0.2, 0.25) is 5.02 Å². The maximum Gasteiger partial charge on any atom is 0.274 e. The predicted octanol–water partition coefficient (Wildman–Crippen LogP) is 4.74. The summed E-state index contributed by atoms with van der Waals surface area (Å²) in [5, 5.41) is 5.25. The molecule has 1 aromatic heterocycles. The Labute approximate surface area is 182 Å². The summed E-state index contributed by atoms with van der Waals surface area (Å²) in [5.74, 6) is -0.00232. The smallest absolute Gasteiger partial charge is 0.274 e. The van der Waals surface area contributed by atoms with Crippen molar-refractivity contribution in [3.05, 3.63) is 76.9 Å². The minimum atomic E-state index is -0.00232. The zero-order chi connectivity index (χ0) is 21.1. The van der Waals surface area contributed by atoms with E-state index in [1.807, 2.05) is 52.9 Å². The normalized spacial score (nSPS) is 15.9. The van der Waals surface area contributed by atoms with Crippen LogP contribution in [0.4, 0.5) is 0 Å². The van der Waals surface area contributed by atoms with Crippen LogP contribution in [0.3, 0.4) is 0 Å². The number of aryl methyl sites for hydroxylation is 1. The van der Waals surface area contributed by atoms with Crippen LogP contribution in [-0.2, 0) is 6.54 Å². The van der Waals surface area contributed by atoms with Gasteiger partial charge in [-0.05, 0) is 37.6 Å². The summed E-state index contributed by atoms with van der Waals surface area (Å²) in [5.41, 5.74) is 3.69. The van der Waals surface area contributed by atoms with Crippen LogP contribution in [0, 0.1) is 0 Å². The molecule has 1 saturated heterocycles. The number of carbonyl (C=O) groups is 1. The predicted molar refractivity (Wildman–Crippen MR) is 121 cm³/mol. The number of hydrogen-bond acceptors (Lipinski definition) is 3. The number of benzene rings is 2. The molecule has 0 unspecified atom stereocenters. The highest BCUT2D eigenvalue weighted by atomic mass is 35.5. The van der Waals surface area contributed by atoms with E-state index in [0.717, 1.165) is 24.3 Å². The van der Waals surface area contributed by atoms with E-state index in [9.17, 15) is 4.79 Å². The standard InChI is InChI=1S/C24H27ClN4O/c1-3-29-23(20-10-7-11-21(25)16-20)17-22(26-29)24(30)28-14-12-27(13-15-28)18(2)19-8-5-4-6-9-19/h4-11,16-18H,3,12-15H2,1-2H3/t18-/m0/s1. The minimum absolute atomic E-state index is 0.00232. The molecule has 1 aliphatic rings. The number of hydrogen-bond donors (Lipinski definition) is 0. The lowest BCUT2D eigenvalue weighted by Gasteiger charge is -2.38. The molecule has 1 atom stereocenters. The zero-order valence-electron chi connectivity index (χ0n) is 17.5. The van der Waals surface area contributed by atoms with Gasteiger partial charge in [-0.3, -0.25) is 14.4 Å². The largest absolute Gasteiger partial charge is 0.335 e. The van der Waals surface area contributed by atoms with Gasteiger partial charge in [0, 0.05) is 49.4 Å². The molecular weight excluding hydrogens is 396 g/mol. The number of halogens is 1. The van der Waals surface area contributed by atoms with Crippen LogP contribution in [0.15, 0.2) is 60.7 Å². The average Bonchev–Trinajstić information content (AvgIpc) is 3.23. The molecule has 2 aromatic carbocycles. The van der Waals surface area contributed by atoms with Crippen molar-refractivity contribution in [1.29, 1.82) is 0 Å². The van der Waals surface area contributed by atoms with Crippen molar-refractivity contribution in [2.75, 3.05) is 26.2 Å². The first-order valence-electron chi connectivity index (χ1n) is 10.5. The van der Waals surface area contributed by atoms with Gasteiger partial charge in [0.1, 0.15) is 0 Å². The number of carbonyl (C=O) groups excluding carboxylic acids is 1. The Kier molecular flexibility index (Phi) is 6.21. The van der Waals surface area contributed by atoms with Gasteiger partial charge in [0.25, 0.3) is 5.91 Å². The summed E-state index contributed by atoms with van der Waals surface area (Å²) < 4.78 is 1.87. The first-order chi connectivity index (χ1) is 14.6. The van der Waals surface area contributed by atoms with Gasteiger partial charge in [0.2, 0.25) is 0 Å². The number of rotatable bonds is 5. The minimum Gasteiger partial charge on any atom is -0.335 e. The van der Waals surface area contributed by atoms with Crippen LogP contribution in [-0.4, -0.2) is 51.7 Å². The van der Waals surface area contributed by atoms with E-state index in [4.69, 9.17) is 11.6 Å². The van der Waals surface area contributed by atoms with Crippen LogP contribution in [0.1, 0.15) is 35.9 Å². The summed E-state index contributed by atoms with van der Waals surface area (Å²) in [6.07, 6.45) is 0. The molecule has 2 heterocycles. The summed E-state index contributed by atoms with van der Waals surface area (Å²) >= 11 is 6.16. The monoisotopic (exact) mass is 422 g/mol. The Bertz CT molecular complexity index is 1010. The lowest BCUT2D eigenvalue weighted by Crippen LogP contribution is -2.49. The molecule has 1 amide bonds. The second-order valence-electron chi connectivity index (χ2n) is 7.66.